The lowest BCUT2D eigenvalue weighted by molar-refractivity contribution is -0.645. The number of aryl methyl sites for hydroxylation is 1. The molecule has 0 saturated heterocycles. The standard InChI is InChI=1S/C20H29N2O2/c1-14(2)16-10-9-15(3)11-19(16)24-20(23)12-22-13-21(4)17-7-5-6-8-18(17)22/h5-8,13-16,19H,9-12H2,1-4H3/q+1/t15-,16-,19+/m1/s1. The summed E-state index contributed by atoms with van der Waals surface area (Å²) < 4.78 is 9.95. The van der Waals surface area contributed by atoms with Crippen molar-refractivity contribution in [2.75, 3.05) is 0 Å². The number of rotatable bonds is 4. The van der Waals surface area contributed by atoms with E-state index in [2.05, 4.69) is 26.8 Å². The summed E-state index contributed by atoms with van der Waals surface area (Å²) in [7, 11) is 2.00. The number of aromatic nitrogens is 2. The number of carbonyl (C=O) groups is 1. The lowest BCUT2D eigenvalue weighted by Gasteiger charge is -2.36. The number of fused-ring (bicyclic) bond motifs is 1. The molecule has 1 aliphatic carbocycles. The van der Waals surface area contributed by atoms with Gasteiger partial charge >= 0.3 is 5.97 Å². The lowest BCUT2D eigenvalue weighted by atomic mass is 9.75. The normalized spacial score (nSPS) is 24.5. The van der Waals surface area contributed by atoms with Crippen LogP contribution in [0.1, 0.15) is 40.0 Å². The van der Waals surface area contributed by atoms with Crippen molar-refractivity contribution in [2.45, 2.75) is 52.7 Å². The van der Waals surface area contributed by atoms with Gasteiger partial charge in [0.25, 0.3) is 0 Å². The second kappa shape index (κ2) is 6.96. The van der Waals surface area contributed by atoms with Crippen molar-refractivity contribution >= 4 is 17.0 Å². The number of hydrogen-bond donors (Lipinski definition) is 0. The summed E-state index contributed by atoms with van der Waals surface area (Å²) in [6, 6.07) is 8.13. The van der Waals surface area contributed by atoms with Crippen LogP contribution in [0.15, 0.2) is 30.6 Å². The first-order valence-electron chi connectivity index (χ1n) is 9.08. The maximum atomic E-state index is 12.6. The zero-order chi connectivity index (χ0) is 17.3. The highest BCUT2D eigenvalue weighted by atomic mass is 16.5. The van der Waals surface area contributed by atoms with Crippen LogP contribution < -0.4 is 4.57 Å². The molecule has 0 radical (unpaired) electrons. The number of nitrogens with zero attached hydrogens (tertiary/aromatic N) is 2. The topological polar surface area (TPSA) is 35.1 Å². The molecular weight excluding hydrogens is 300 g/mol. The fourth-order valence-electron chi connectivity index (χ4n) is 4.06. The molecule has 2 aromatic rings. The molecule has 4 nitrogen and oxygen atoms in total. The van der Waals surface area contributed by atoms with E-state index in [9.17, 15) is 4.79 Å². The van der Waals surface area contributed by atoms with Crippen molar-refractivity contribution < 1.29 is 14.1 Å². The van der Waals surface area contributed by atoms with E-state index in [0.717, 1.165) is 23.9 Å². The summed E-state index contributed by atoms with van der Waals surface area (Å²) in [5.41, 5.74) is 2.19. The van der Waals surface area contributed by atoms with Gasteiger partial charge in [0.05, 0.1) is 7.05 Å². The van der Waals surface area contributed by atoms with E-state index >= 15 is 0 Å². The molecule has 1 aromatic heterocycles. The molecule has 1 aromatic carbocycles. The Morgan fingerprint density at radius 1 is 1.33 bits per heavy atom. The van der Waals surface area contributed by atoms with Gasteiger partial charge in [-0.3, -0.25) is 0 Å². The first kappa shape index (κ1) is 17.0. The molecule has 0 unspecified atom stereocenters. The van der Waals surface area contributed by atoms with Gasteiger partial charge in [0.2, 0.25) is 6.33 Å². The quantitative estimate of drug-likeness (QED) is 0.636. The number of carbonyl (C=O) groups excluding carboxylic acids is 1. The van der Waals surface area contributed by atoms with Gasteiger partial charge in [-0.25, -0.2) is 13.9 Å². The Bertz CT molecular complexity index is 719. The number of para-hydroxylation sites is 2. The molecule has 3 rings (SSSR count). The number of benzene rings is 1. The molecule has 3 atom stereocenters. The van der Waals surface area contributed by atoms with Crippen LogP contribution in [0.5, 0.6) is 0 Å². The van der Waals surface area contributed by atoms with Gasteiger partial charge in [-0.1, -0.05) is 39.3 Å². The summed E-state index contributed by atoms with van der Waals surface area (Å²) in [4.78, 5) is 12.6. The minimum atomic E-state index is -0.124. The fourth-order valence-corrected chi connectivity index (χ4v) is 4.06. The van der Waals surface area contributed by atoms with E-state index in [1.807, 2.05) is 40.7 Å². The number of ether oxygens (including phenoxy) is 1. The monoisotopic (exact) mass is 329 g/mol. The van der Waals surface area contributed by atoms with Crippen LogP contribution in [0.25, 0.3) is 11.0 Å². The van der Waals surface area contributed by atoms with Crippen LogP contribution in [-0.2, 0) is 23.1 Å². The Morgan fingerprint density at radius 2 is 2.08 bits per heavy atom. The minimum Gasteiger partial charge on any atom is -0.459 e. The number of imidazole rings is 1. The van der Waals surface area contributed by atoms with E-state index < -0.39 is 0 Å². The predicted molar refractivity (Wildman–Crippen MR) is 94.3 cm³/mol. The van der Waals surface area contributed by atoms with Crippen molar-refractivity contribution in [3.63, 3.8) is 0 Å². The Kier molecular flexibility index (Phi) is 4.93. The van der Waals surface area contributed by atoms with Crippen molar-refractivity contribution in [1.82, 2.24) is 4.57 Å². The Hall–Kier alpha value is -1.84. The maximum absolute atomic E-state index is 12.6. The van der Waals surface area contributed by atoms with Gasteiger partial charge in [-0.15, -0.1) is 0 Å². The van der Waals surface area contributed by atoms with Gasteiger partial charge in [0, 0.05) is 0 Å². The highest BCUT2D eigenvalue weighted by molar-refractivity contribution is 5.75. The zero-order valence-corrected chi connectivity index (χ0v) is 15.2. The molecule has 1 fully saturated rings. The third-order valence-corrected chi connectivity index (χ3v) is 5.43. The van der Waals surface area contributed by atoms with Gasteiger partial charge < -0.3 is 4.74 Å². The Morgan fingerprint density at radius 3 is 2.83 bits per heavy atom. The molecule has 1 saturated carbocycles. The summed E-state index contributed by atoms with van der Waals surface area (Å²) in [5, 5.41) is 0. The summed E-state index contributed by atoms with van der Waals surface area (Å²) in [6.07, 6.45) is 5.44. The fraction of sp³-hybridized carbons (Fsp3) is 0.600. The van der Waals surface area contributed by atoms with Crippen molar-refractivity contribution in [3.05, 3.63) is 30.6 Å². The smallest absolute Gasteiger partial charge is 0.348 e. The molecule has 130 valence electrons. The van der Waals surface area contributed by atoms with E-state index in [-0.39, 0.29) is 18.6 Å². The predicted octanol–water partition coefficient (Wildman–Crippen LogP) is 3.47. The van der Waals surface area contributed by atoms with Crippen LogP contribution in [0.3, 0.4) is 0 Å². The van der Waals surface area contributed by atoms with Gasteiger partial charge in [-0.05, 0) is 42.7 Å². The molecular formula is C20H29N2O2+. The average Bonchev–Trinajstić information content (AvgIpc) is 2.83. The van der Waals surface area contributed by atoms with Crippen LogP contribution in [0.2, 0.25) is 0 Å². The van der Waals surface area contributed by atoms with E-state index in [4.69, 9.17) is 4.74 Å². The maximum Gasteiger partial charge on any atom is 0.348 e. The molecule has 4 heteroatoms. The largest absolute Gasteiger partial charge is 0.459 e. The lowest BCUT2D eigenvalue weighted by Crippen LogP contribution is -2.36. The Balaban J connectivity index is 1.72. The zero-order valence-electron chi connectivity index (χ0n) is 15.2. The highest BCUT2D eigenvalue weighted by Crippen LogP contribution is 2.35. The summed E-state index contributed by atoms with van der Waals surface area (Å²) >= 11 is 0. The molecule has 0 bridgehead atoms. The van der Waals surface area contributed by atoms with E-state index in [1.165, 1.54) is 6.42 Å². The first-order valence-corrected chi connectivity index (χ1v) is 9.08. The molecule has 0 spiro atoms. The highest BCUT2D eigenvalue weighted by Gasteiger charge is 2.33. The van der Waals surface area contributed by atoms with Gasteiger partial charge in [0.15, 0.2) is 17.6 Å². The minimum absolute atomic E-state index is 0.0665. The average molecular weight is 329 g/mol. The molecule has 24 heavy (non-hydrogen) atoms. The molecule has 1 aliphatic rings. The van der Waals surface area contributed by atoms with Crippen LogP contribution in [-0.4, -0.2) is 16.6 Å². The van der Waals surface area contributed by atoms with Crippen LogP contribution >= 0.6 is 0 Å². The SMILES string of the molecule is CC(C)[C@H]1CC[C@@H](C)C[C@@H]1OC(=O)Cn1c[n+](C)c2ccccc21. The van der Waals surface area contributed by atoms with E-state index in [1.54, 1.807) is 0 Å². The number of esters is 1. The van der Waals surface area contributed by atoms with Gasteiger partial charge in [-0.2, -0.15) is 0 Å². The third kappa shape index (κ3) is 3.47. The molecule has 0 aliphatic heterocycles. The van der Waals surface area contributed by atoms with Crippen LogP contribution in [0, 0.1) is 17.8 Å². The van der Waals surface area contributed by atoms with E-state index in [0.29, 0.717) is 17.8 Å². The van der Waals surface area contributed by atoms with Crippen molar-refractivity contribution in [3.8, 4) is 0 Å². The van der Waals surface area contributed by atoms with Crippen LogP contribution in [0.4, 0.5) is 0 Å². The molecule has 0 amide bonds. The van der Waals surface area contributed by atoms with Crippen molar-refractivity contribution in [1.29, 1.82) is 0 Å². The third-order valence-electron chi connectivity index (χ3n) is 5.43. The summed E-state index contributed by atoms with van der Waals surface area (Å²) in [6.45, 7) is 7.01. The molecule has 0 N–H and O–H groups in total. The van der Waals surface area contributed by atoms with Gasteiger partial charge in [0.1, 0.15) is 6.10 Å². The second-order valence-corrected chi connectivity index (χ2v) is 7.70. The molecule has 1 heterocycles. The second-order valence-electron chi connectivity index (χ2n) is 7.70. The summed E-state index contributed by atoms with van der Waals surface area (Å²) in [5.74, 6) is 1.56. The van der Waals surface area contributed by atoms with Crippen molar-refractivity contribution in [2.24, 2.45) is 24.8 Å². The Labute approximate surface area is 144 Å². The first-order chi connectivity index (χ1) is 11.5. The number of hydrogen-bond acceptors (Lipinski definition) is 2.